The third-order valence-corrected chi connectivity index (χ3v) is 5.84. The summed E-state index contributed by atoms with van der Waals surface area (Å²) in [4.78, 5) is 26.8. The Morgan fingerprint density at radius 2 is 1.84 bits per heavy atom. The van der Waals surface area contributed by atoms with Crippen LogP contribution in [0.5, 0.6) is 11.5 Å². The summed E-state index contributed by atoms with van der Waals surface area (Å²) < 4.78 is 11.4. The standard InChI is InChI=1S/C25H32N2O4/c1-4-21(5-2)27-16-20(14-24(27)28)25(29)26-15-19-11-12-22(23(13-19)30-3)31-17-18-9-7-6-8-10-18/h6-13,20-21H,4-5,14-17H2,1-3H3,(H,26,29). The van der Waals surface area contributed by atoms with E-state index in [-0.39, 0.29) is 30.2 Å². The molecule has 1 saturated heterocycles. The van der Waals surface area contributed by atoms with Gasteiger partial charge in [0.1, 0.15) is 6.61 Å². The largest absolute Gasteiger partial charge is 0.493 e. The third kappa shape index (κ3) is 5.78. The van der Waals surface area contributed by atoms with Crippen LogP contribution in [0, 0.1) is 5.92 Å². The fraction of sp³-hybridized carbons (Fsp3) is 0.440. The van der Waals surface area contributed by atoms with Gasteiger partial charge in [0.05, 0.1) is 13.0 Å². The first-order chi connectivity index (χ1) is 15.0. The van der Waals surface area contributed by atoms with Crippen molar-refractivity contribution in [1.29, 1.82) is 0 Å². The molecular formula is C25H32N2O4. The summed E-state index contributed by atoms with van der Waals surface area (Å²) in [5.74, 6) is 0.992. The van der Waals surface area contributed by atoms with Crippen LogP contribution in [0.15, 0.2) is 48.5 Å². The summed E-state index contributed by atoms with van der Waals surface area (Å²) in [6.45, 7) is 5.50. The predicted molar refractivity (Wildman–Crippen MR) is 120 cm³/mol. The monoisotopic (exact) mass is 424 g/mol. The van der Waals surface area contributed by atoms with Crippen LogP contribution >= 0.6 is 0 Å². The normalized spacial score (nSPS) is 15.9. The molecule has 0 spiro atoms. The van der Waals surface area contributed by atoms with Gasteiger partial charge in [-0.2, -0.15) is 0 Å². The van der Waals surface area contributed by atoms with Crippen molar-refractivity contribution >= 4 is 11.8 Å². The lowest BCUT2D eigenvalue weighted by Crippen LogP contribution is -2.37. The first-order valence-electron chi connectivity index (χ1n) is 11.0. The van der Waals surface area contributed by atoms with Gasteiger partial charge in [0.2, 0.25) is 11.8 Å². The van der Waals surface area contributed by atoms with Crippen LogP contribution in [0.3, 0.4) is 0 Å². The number of amides is 2. The average molecular weight is 425 g/mol. The Morgan fingerprint density at radius 1 is 1.10 bits per heavy atom. The number of ether oxygens (including phenoxy) is 2. The molecule has 6 heteroatoms. The highest BCUT2D eigenvalue weighted by Gasteiger charge is 2.36. The number of hydrogen-bond donors (Lipinski definition) is 1. The zero-order chi connectivity index (χ0) is 22.2. The lowest BCUT2D eigenvalue weighted by molar-refractivity contribution is -0.130. The Morgan fingerprint density at radius 3 is 2.52 bits per heavy atom. The Bertz CT molecular complexity index is 880. The first kappa shape index (κ1) is 22.7. The van der Waals surface area contributed by atoms with E-state index < -0.39 is 0 Å². The quantitative estimate of drug-likeness (QED) is 0.628. The number of benzene rings is 2. The molecule has 31 heavy (non-hydrogen) atoms. The number of methoxy groups -OCH3 is 1. The fourth-order valence-electron chi connectivity index (χ4n) is 4.00. The van der Waals surface area contributed by atoms with Crippen molar-refractivity contribution in [2.45, 2.75) is 52.3 Å². The molecule has 0 bridgehead atoms. The van der Waals surface area contributed by atoms with Gasteiger partial charge in [-0.1, -0.05) is 50.2 Å². The van der Waals surface area contributed by atoms with Crippen molar-refractivity contribution < 1.29 is 19.1 Å². The molecule has 1 fully saturated rings. The summed E-state index contributed by atoms with van der Waals surface area (Å²) in [7, 11) is 1.60. The highest BCUT2D eigenvalue weighted by Crippen LogP contribution is 2.29. The predicted octanol–water partition coefficient (Wildman–Crippen LogP) is 3.93. The second kappa shape index (κ2) is 10.8. The third-order valence-electron chi connectivity index (χ3n) is 5.84. The Hall–Kier alpha value is -3.02. The van der Waals surface area contributed by atoms with Crippen LogP contribution in [0.1, 0.15) is 44.2 Å². The van der Waals surface area contributed by atoms with Crippen LogP contribution in [-0.2, 0) is 22.7 Å². The summed E-state index contributed by atoms with van der Waals surface area (Å²) in [5.41, 5.74) is 1.99. The topological polar surface area (TPSA) is 67.9 Å². The van der Waals surface area contributed by atoms with Crippen LogP contribution < -0.4 is 14.8 Å². The molecule has 166 valence electrons. The van der Waals surface area contributed by atoms with Crippen molar-refractivity contribution in [3.8, 4) is 11.5 Å². The van der Waals surface area contributed by atoms with E-state index in [0.717, 1.165) is 24.0 Å². The van der Waals surface area contributed by atoms with Gasteiger partial charge in [0.25, 0.3) is 0 Å². The van der Waals surface area contributed by atoms with E-state index in [9.17, 15) is 9.59 Å². The molecule has 6 nitrogen and oxygen atoms in total. The van der Waals surface area contributed by atoms with E-state index in [1.54, 1.807) is 7.11 Å². The molecule has 1 aliphatic rings. The fourth-order valence-corrected chi connectivity index (χ4v) is 4.00. The summed E-state index contributed by atoms with van der Waals surface area (Å²) in [6.07, 6.45) is 2.11. The lowest BCUT2D eigenvalue weighted by Gasteiger charge is -2.26. The molecule has 1 unspecified atom stereocenters. The Balaban J connectivity index is 1.55. The number of carbonyl (C=O) groups is 2. The highest BCUT2D eigenvalue weighted by atomic mass is 16.5. The van der Waals surface area contributed by atoms with Crippen LogP contribution in [0.4, 0.5) is 0 Å². The van der Waals surface area contributed by atoms with Gasteiger partial charge in [-0.15, -0.1) is 0 Å². The van der Waals surface area contributed by atoms with Gasteiger partial charge in [-0.3, -0.25) is 9.59 Å². The molecule has 0 saturated carbocycles. The highest BCUT2D eigenvalue weighted by molar-refractivity contribution is 5.89. The van der Waals surface area contributed by atoms with E-state index in [2.05, 4.69) is 19.2 Å². The van der Waals surface area contributed by atoms with Crippen LogP contribution in [-0.4, -0.2) is 36.4 Å². The molecule has 0 aliphatic carbocycles. The van der Waals surface area contributed by atoms with Crippen LogP contribution in [0.2, 0.25) is 0 Å². The second-order valence-corrected chi connectivity index (χ2v) is 7.89. The molecule has 2 aromatic rings. The van der Waals surface area contributed by atoms with Crippen molar-refractivity contribution in [2.24, 2.45) is 5.92 Å². The van der Waals surface area contributed by atoms with E-state index in [4.69, 9.17) is 9.47 Å². The number of rotatable bonds is 10. The van der Waals surface area contributed by atoms with E-state index >= 15 is 0 Å². The zero-order valence-corrected chi connectivity index (χ0v) is 18.6. The van der Waals surface area contributed by atoms with Crippen molar-refractivity contribution in [2.75, 3.05) is 13.7 Å². The van der Waals surface area contributed by atoms with Gasteiger partial charge in [-0.05, 0) is 36.1 Å². The van der Waals surface area contributed by atoms with Crippen LogP contribution in [0.25, 0.3) is 0 Å². The Kier molecular flexibility index (Phi) is 7.93. The van der Waals surface area contributed by atoms with E-state index in [1.807, 2.05) is 53.4 Å². The summed E-state index contributed by atoms with van der Waals surface area (Å²) >= 11 is 0. The Labute approximate surface area is 184 Å². The average Bonchev–Trinajstić information content (AvgIpc) is 3.19. The molecule has 1 aliphatic heterocycles. The van der Waals surface area contributed by atoms with Crippen molar-refractivity contribution in [1.82, 2.24) is 10.2 Å². The van der Waals surface area contributed by atoms with Crippen molar-refractivity contribution in [3.63, 3.8) is 0 Å². The summed E-state index contributed by atoms with van der Waals surface area (Å²) in [5, 5.41) is 2.97. The smallest absolute Gasteiger partial charge is 0.225 e. The van der Waals surface area contributed by atoms with E-state index in [0.29, 0.717) is 31.2 Å². The molecule has 2 amide bonds. The number of carbonyl (C=O) groups excluding carboxylic acids is 2. The SMILES string of the molecule is CCC(CC)N1CC(C(=O)NCc2ccc(OCc3ccccc3)c(OC)c2)CC1=O. The maximum atomic E-state index is 12.6. The maximum absolute atomic E-state index is 12.6. The molecule has 1 heterocycles. The molecular weight excluding hydrogens is 392 g/mol. The second-order valence-electron chi connectivity index (χ2n) is 7.89. The minimum absolute atomic E-state index is 0.0785. The minimum atomic E-state index is -0.288. The number of hydrogen-bond acceptors (Lipinski definition) is 4. The molecule has 0 radical (unpaired) electrons. The molecule has 0 aromatic heterocycles. The van der Waals surface area contributed by atoms with Gasteiger partial charge in [-0.25, -0.2) is 0 Å². The van der Waals surface area contributed by atoms with Gasteiger partial charge in [0, 0.05) is 25.6 Å². The maximum Gasteiger partial charge on any atom is 0.225 e. The van der Waals surface area contributed by atoms with Gasteiger partial charge >= 0.3 is 0 Å². The minimum Gasteiger partial charge on any atom is -0.493 e. The van der Waals surface area contributed by atoms with Crippen molar-refractivity contribution in [3.05, 3.63) is 59.7 Å². The molecule has 1 atom stereocenters. The lowest BCUT2D eigenvalue weighted by atomic mass is 10.1. The summed E-state index contributed by atoms with van der Waals surface area (Å²) in [6, 6.07) is 15.8. The van der Waals surface area contributed by atoms with Gasteiger partial charge in [0.15, 0.2) is 11.5 Å². The van der Waals surface area contributed by atoms with E-state index in [1.165, 1.54) is 0 Å². The number of likely N-dealkylation sites (tertiary alicyclic amines) is 1. The first-order valence-corrected chi connectivity index (χ1v) is 11.0. The number of nitrogens with one attached hydrogen (secondary N) is 1. The molecule has 2 aromatic carbocycles. The van der Waals surface area contributed by atoms with Gasteiger partial charge < -0.3 is 19.7 Å². The number of nitrogens with zero attached hydrogens (tertiary/aromatic N) is 1. The molecule has 3 rings (SSSR count). The zero-order valence-electron chi connectivity index (χ0n) is 18.6. The molecule has 1 N–H and O–H groups in total.